The van der Waals surface area contributed by atoms with Gasteiger partial charge in [-0.1, -0.05) is 17.7 Å². The predicted octanol–water partition coefficient (Wildman–Crippen LogP) is 3.66. The molecule has 4 rings (SSSR count). The smallest absolute Gasteiger partial charge is 0.335 e. The van der Waals surface area contributed by atoms with E-state index in [0.29, 0.717) is 22.1 Å². The number of carbonyl (C=O) groups is 3. The number of thiocarbonyl (C=S) groups is 1. The van der Waals surface area contributed by atoms with Gasteiger partial charge in [-0.3, -0.25) is 19.8 Å². The second kappa shape index (κ2) is 8.17. The standard InChI is InChI=1S/C22H14ClN3O4S/c23-14-6-8-15(9-7-14)26-20(28)18(19(27)24-22(26)31)12-17-5-2-10-25(17)16-4-1-3-13(11-16)21(29)30/h1-12H,(H,29,30)(H,24,27,31)/b18-12-. The number of rotatable bonds is 4. The van der Waals surface area contributed by atoms with Crippen molar-refractivity contribution in [1.29, 1.82) is 0 Å². The third-order valence-electron chi connectivity index (χ3n) is 4.63. The minimum Gasteiger partial charge on any atom is -0.478 e. The van der Waals surface area contributed by atoms with E-state index in [1.807, 2.05) is 0 Å². The Hall–Kier alpha value is -3.75. The summed E-state index contributed by atoms with van der Waals surface area (Å²) in [6, 6.07) is 16.3. The van der Waals surface area contributed by atoms with Crippen molar-refractivity contribution >= 4 is 58.5 Å². The van der Waals surface area contributed by atoms with Gasteiger partial charge in [-0.2, -0.15) is 0 Å². The Balaban J connectivity index is 1.74. The van der Waals surface area contributed by atoms with Crippen molar-refractivity contribution in [2.75, 3.05) is 4.90 Å². The molecular formula is C22H14ClN3O4S. The zero-order valence-corrected chi connectivity index (χ0v) is 17.4. The maximum absolute atomic E-state index is 13.1. The number of hydrogen-bond donors (Lipinski definition) is 2. The molecule has 2 heterocycles. The summed E-state index contributed by atoms with van der Waals surface area (Å²) in [7, 11) is 0. The topological polar surface area (TPSA) is 91.6 Å². The molecule has 0 radical (unpaired) electrons. The van der Waals surface area contributed by atoms with Gasteiger partial charge in [0.25, 0.3) is 11.8 Å². The molecule has 0 saturated carbocycles. The van der Waals surface area contributed by atoms with Crippen molar-refractivity contribution in [2.24, 2.45) is 0 Å². The highest BCUT2D eigenvalue weighted by molar-refractivity contribution is 7.80. The molecule has 3 aromatic rings. The number of halogens is 1. The zero-order chi connectivity index (χ0) is 22.1. The van der Waals surface area contributed by atoms with E-state index in [4.69, 9.17) is 23.8 Å². The number of anilines is 1. The number of amides is 2. The largest absolute Gasteiger partial charge is 0.478 e. The zero-order valence-electron chi connectivity index (χ0n) is 15.8. The highest BCUT2D eigenvalue weighted by Crippen LogP contribution is 2.24. The average Bonchev–Trinajstić information content (AvgIpc) is 3.21. The average molecular weight is 452 g/mol. The van der Waals surface area contributed by atoms with Gasteiger partial charge < -0.3 is 9.67 Å². The van der Waals surface area contributed by atoms with Crippen LogP contribution >= 0.6 is 23.8 Å². The summed E-state index contributed by atoms with van der Waals surface area (Å²) in [5.41, 5.74) is 1.57. The summed E-state index contributed by atoms with van der Waals surface area (Å²) in [6.07, 6.45) is 3.15. The molecule has 154 valence electrons. The van der Waals surface area contributed by atoms with Gasteiger partial charge in [-0.25, -0.2) is 4.79 Å². The molecular weight excluding hydrogens is 438 g/mol. The van der Waals surface area contributed by atoms with Crippen LogP contribution in [0.4, 0.5) is 5.69 Å². The van der Waals surface area contributed by atoms with Gasteiger partial charge in [0, 0.05) is 22.6 Å². The molecule has 2 aromatic carbocycles. The molecule has 31 heavy (non-hydrogen) atoms. The number of benzene rings is 2. The van der Waals surface area contributed by atoms with Crippen LogP contribution < -0.4 is 10.2 Å². The Morgan fingerprint density at radius 3 is 2.48 bits per heavy atom. The molecule has 2 N–H and O–H groups in total. The Morgan fingerprint density at radius 2 is 1.77 bits per heavy atom. The fraction of sp³-hybridized carbons (Fsp3) is 0. The van der Waals surface area contributed by atoms with E-state index in [-0.39, 0.29) is 16.2 Å². The summed E-state index contributed by atoms with van der Waals surface area (Å²) in [5, 5.41) is 12.2. The molecule has 1 aromatic heterocycles. The molecule has 9 heteroatoms. The number of nitrogens with zero attached hydrogens (tertiary/aromatic N) is 2. The first-order chi connectivity index (χ1) is 14.8. The molecule has 2 amide bonds. The lowest BCUT2D eigenvalue weighted by Gasteiger charge is -2.29. The number of aromatic carboxylic acids is 1. The van der Waals surface area contributed by atoms with Crippen molar-refractivity contribution in [3.05, 3.63) is 88.7 Å². The predicted molar refractivity (Wildman–Crippen MR) is 120 cm³/mol. The third kappa shape index (κ3) is 3.98. The van der Waals surface area contributed by atoms with Crippen LogP contribution in [-0.2, 0) is 9.59 Å². The normalized spacial score (nSPS) is 15.3. The molecule has 0 bridgehead atoms. The molecule has 0 atom stereocenters. The lowest BCUT2D eigenvalue weighted by molar-refractivity contribution is -0.122. The van der Waals surface area contributed by atoms with E-state index in [0.717, 1.165) is 0 Å². The van der Waals surface area contributed by atoms with Gasteiger partial charge in [0.2, 0.25) is 0 Å². The molecule has 0 unspecified atom stereocenters. The van der Waals surface area contributed by atoms with Crippen LogP contribution in [0.25, 0.3) is 11.8 Å². The first-order valence-electron chi connectivity index (χ1n) is 9.03. The highest BCUT2D eigenvalue weighted by atomic mass is 35.5. The number of nitrogens with one attached hydrogen (secondary N) is 1. The molecule has 0 aliphatic carbocycles. The van der Waals surface area contributed by atoms with Gasteiger partial charge in [0.15, 0.2) is 5.11 Å². The van der Waals surface area contributed by atoms with Crippen molar-refractivity contribution in [2.45, 2.75) is 0 Å². The van der Waals surface area contributed by atoms with Crippen LogP contribution in [0.5, 0.6) is 0 Å². The van der Waals surface area contributed by atoms with E-state index in [1.165, 1.54) is 23.1 Å². The lowest BCUT2D eigenvalue weighted by atomic mass is 10.1. The van der Waals surface area contributed by atoms with Gasteiger partial charge >= 0.3 is 5.97 Å². The summed E-state index contributed by atoms with van der Waals surface area (Å²) in [6.45, 7) is 0. The Bertz CT molecular complexity index is 1260. The summed E-state index contributed by atoms with van der Waals surface area (Å²) >= 11 is 11.1. The second-order valence-corrected chi connectivity index (χ2v) is 7.42. The molecule has 1 aliphatic rings. The summed E-state index contributed by atoms with van der Waals surface area (Å²) < 4.78 is 1.68. The van der Waals surface area contributed by atoms with Crippen LogP contribution in [0, 0.1) is 0 Å². The van der Waals surface area contributed by atoms with Gasteiger partial charge in [-0.05, 0) is 72.9 Å². The summed E-state index contributed by atoms with van der Waals surface area (Å²) in [4.78, 5) is 38.2. The molecule has 7 nitrogen and oxygen atoms in total. The number of carboxylic acids is 1. The second-order valence-electron chi connectivity index (χ2n) is 6.59. The van der Waals surface area contributed by atoms with E-state index in [1.54, 1.807) is 59.3 Å². The van der Waals surface area contributed by atoms with Crippen molar-refractivity contribution in [3.8, 4) is 5.69 Å². The maximum Gasteiger partial charge on any atom is 0.335 e. The minimum atomic E-state index is -1.05. The molecule has 1 fully saturated rings. The summed E-state index contributed by atoms with van der Waals surface area (Å²) in [5.74, 6) is -2.25. The Morgan fingerprint density at radius 1 is 1.03 bits per heavy atom. The first kappa shape index (κ1) is 20.5. The highest BCUT2D eigenvalue weighted by Gasteiger charge is 2.34. The Kier molecular flexibility index (Phi) is 5.41. The fourth-order valence-corrected chi connectivity index (χ4v) is 3.57. The van der Waals surface area contributed by atoms with E-state index in [9.17, 15) is 19.5 Å². The van der Waals surface area contributed by atoms with Crippen LogP contribution in [-0.4, -0.2) is 32.6 Å². The van der Waals surface area contributed by atoms with Crippen LogP contribution in [0.2, 0.25) is 5.02 Å². The minimum absolute atomic E-state index is 0.0287. The van der Waals surface area contributed by atoms with Crippen molar-refractivity contribution in [1.82, 2.24) is 9.88 Å². The first-order valence-corrected chi connectivity index (χ1v) is 9.82. The molecule has 1 saturated heterocycles. The van der Waals surface area contributed by atoms with E-state index < -0.39 is 17.8 Å². The monoisotopic (exact) mass is 451 g/mol. The maximum atomic E-state index is 13.1. The van der Waals surface area contributed by atoms with Gasteiger partial charge in [-0.15, -0.1) is 0 Å². The SMILES string of the molecule is O=C1NC(=S)N(c2ccc(Cl)cc2)C(=O)/C1=C\c1cccn1-c1cccc(C(=O)O)c1. The molecule has 1 aliphatic heterocycles. The van der Waals surface area contributed by atoms with E-state index in [2.05, 4.69) is 5.32 Å². The third-order valence-corrected chi connectivity index (χ3v) is 5.17. The van der Waals surface area contributed by atoms with Crippen LogP contribution in [0.15, 0.2) is 72.4 Å². The van der Waals surface area contributed by atoms with Crippen molar-refractivity contribution in [3.63, 3.8) is 0 Å². The number of aromatic nitrogens is 1. The van der Waals surface area contributed by atoms with Crippen LogP contribution in [0.3, 0.4) is 0 Å². The quantitative estimate of drug-likeness (QED) is 0.359. The lowest BCUT2D eigenvalue weighted by Crippen LogP contribution is -2.54. The van der Waals surface area contributed by atoms with Gasteiger partial charge in [0.1, 0.15) is 5.57 Å². The van der Waals surface area contributed by atoms with Crippen molar-refractivity contribution < 1.29 is 19.5 Å². The van der Waals surface area contributed by atoms with Crippen LogP contribution in [0.1, 0.15) is 16.1 Å². The van der Waals surface area contributed by atoms with Gasteiger partial charge in [0.05, 0.1) is 11.3 Å². The molecule has 0 spiro atoms. The Labute approximate surface area is 187 Å². The van der Waals surface area contributed by atoms with E-state index >= 15 is 0 Å². The number of carbonyl (C=O) groups excluding carboxylic acids is 2. The number of carboxylic acid groups (broad SMARTS) is 1. The fourth-order valence-electron chi connectivity index (χ4n) is 3.17. The number of hydrogen-bond acceptors (Lipinski definition) is 4.